The molecule has 35 heavy (non-hydrogen) atoms. The van der Waals surface area contributed by atoms with Crippen molar-refractivity contribution in [2.24, 2.45) is 5.92 Å². The van der Waals surface area contributed by atoms with Crippen LogP contribution in [0.5, 0.6) is 0 Å². The van der Waals surface area contributed by atoms with Crippen LogP contribution in [0.25, 0.3) is 22.6 Å². The third-order valence-electron chi connectivity index (χ3n) is 4.87. The maximum Gasteiger partial charge on any atom is 0.425 e. The summed E-state index contributed by atoms with van der Waals surface area (Å²) in [4.78, 5) is 35.8. The van der Waals surface area contributed by atoms with Gasteiger partial charge in [-0.2, -0.15) is 4.90 Å². The Morgan fingerprint density at radius 3 is 2.29 bits per heavy atom. The number of rotatable bonds is 4. The number of aromatic nitrogens is 5. The molecule has 188 valence electrons. The first kappa shape index (κ1) is 25.4. The summed E-state index contributed by atoms with van der Waals surface area (Å²) in [5.41, 5.74) is -0.578. The maximum absolute atomic E-state index is 13.1. The number of fused-ring (bicyclic) bond motifs is 1. The van der Waals surface area contributed by atoms with E-state index in [9.17, 15) is 9.59 Å². The number of halogens is 2. The second-order valence-electron chi connectivity index (χ2n) is 10.3. The monoisotopic (exact) mass is 568 g/mol. The van der Waals surface area contributed by atoms with Crippen molar-refractivity contribution in [1.29, 1.82) is 0 Å². The van der Waals surface area contributed by atoms with Gasteiger partial charge in [0, 0.05) is 12.7 Å². The summed E-state index contributed by atoms with van der Waals surface area (Å²) in [6.45, 7) is 10.7. The van der Waals surface area contributed by atoms with Gasteiger partial charge in [0.05, 0.1) is 9.99 Å². The topological polar surface area (TPSA) is 125 Å². The van der Waals surface area contributed by atoms with Gasteiger partial charge in [0.2, 0.25) is 5.82 Å². The zero-order valence-electron chi connectivity index (χ0n) is 20.3. The first-order valence-electron chi connectivity index (χ1n) is 11.0. The molecule has 4 rings (SSSR count). The van der Waals surface area contributed by atoms with Crippen LogP contribution in [-0.4, -0.2) is 48.2 Å². The fourth-order valence-corrected chi connectivity index (χ4v) is 4.01. The van der Waals surface area contributed by atoms with Gasteiger partial charge in [-0.3, -0.25) is 0 Å². The Kier molecular flexibility index (Phi) is 6.56. The van der Waals surface area contributed by atoms with Crippen LogP contribution < -0.4 is 4.90 Å². The molecule has 3 aromatic rings. The molecule has 0 N–H and O–H groups in total. The average molecular weight is 570 g/mol. The number of anilines is 1. The Morgan fingerprint density at radius 2 is 1.74 bits per heavy atom. The summed E-state index contributed by atoms with van der Waals surface area (Å²) in [5, 5.41) is 8.08. The minimum atomic E-state index is -0.991. The van der Waals surface area contributed by atoms with E-state index in [0.29, 0.717) is 38.7 Å². The van der Waals surface area contributed by atoms with E-state index in [4.69, 9.17) is 25.7 Å². The normalized spacial score (nSPS) is 14.3. The van der Waals surface area contributed by atoms with Gasteiger partial charge < -0.3 is 14.0 Å². The zero-order valence-corrected chi connectivity index (χ0v) is 22.6. The lowest BCUT2D eigenvalue weighted by Gasteiger charge is -2.27. The van der Waals surface area contributed by atoms with Gasteiger partial charge in [-0.25, -0.2) is 24.2 Å². The Hall–Kier alpha value is -2.73. The quantitative estimate of drug-likeness (QED) is 0.349. The molecule has 0 radical (unpaired) electrons. The van der Waals surface area contributed by atoms with Crippen molar-refractivity contribution in [2.45, 2.75) is 72.1 Å². The highest BCUT2D eigenvalue weighted by Gasteiger charge is 2.39. The summed E-state index contributed by atoms with van der Waals surface area (Å²) < 4.78 is 18.5. The molecule has 0 unspecified atom stereocenters. The van der Waals surface area contributed by atoms with Crippen LogP contribution in [0.2, 0.25) is 5.15 Å². The minimum absolute atomic E-state index is 0.0570. The number of carbonyl (C=O) groups excluding carboxylic acids is 2. The number of hydrogen-bond acceptors (Lipinski definition) is 9. The number of nitrogens with zero attached hydrogens (tertiary/aromatic N) is 6. The van der Waals surface area contributed by atoms with Crippen molar-refractivity contribution < 1.29 is 23.7 Å². The number of ether oxygens (including phenoxy) is 2. The van der Waals surface area contributed by atoms with Crippen LogP contribution in [-0.2, 0) is 16.0 Å². The van der Waals surface area contributed by atoms with E-state index in [1.807, 2.05) is 4.57 Å². The molecule has 0 aliphatic heterocycles. The predicted molar refractivity (Wildman–Crippen MR) is 131 cm³/mol. The number of amides is 2. The van der Waals surface area contributed by atoms with E-state index in [1.165, 1.54) is 0 Å². The highest BCUT2D eigenvalue weighted by Crippen LogP contribution is 2.39. The molecule has 1 saturated carbocycles. The van der Waals surface area contributed by atoms with Crippen LogP contribution in [0, 0.1) is 5.92 Å². The van der Waals surface area contributed by atoms with E-state index in [2.05, 4.69) is 36.2 Å². The highest BCUT2D eigenvalue weighted by molar-refractivity contribution is 9.10. The lowest BCUT2D eigenvalue weighted by atomic mass is 10.2. The molecule has 3 heterocycles. The molecule has 0 spiro atoms. The van der Waals surface area contributed by atoms with Crippen LogP contribution in [0.15, 0.2) is 15.3 Å². The molecular formula is C22H26BrClN6O5. The largest absolute Gasteiger partial charge is 0.443 e. The highest BCUT2D eigenvalue weighted by atomic mass is 79.9. The lowest BCUT2D eigenvalue weighted by Crippen LogP contribution is -2.44. The molecular weight excluding hydrogens is 544 g/mol. The van der Waals surface area contributed by atoms with Crippen molar-refractivity contribution >= 4 is 56.6 Å². The molecule has 0 saturated heterocycles. The standard InChI is InChI=1S/C22H26BrClN6O5/c1-21(2,3)33-19(31)30(20(32)34-22(4,5)6)18-14(27-35-28-18)17-26-13-15(12(23)9-25-16(13)24)29(17)10-11-7-8-11/h9,11H,7-8,10H2,1-6H3. The fourth-order valence-electron chi connectivity index (χ4n) is 3.33. The van der Waals surface area contributed by atoms with Crippen molar-refractivity contribution in [1.82, 2.24) is 24.8 Å². The number of imidazole rings is 1. The summed E-state index contributed by atoms with van der Waals surface area (Å²) in [6, 6.07) is 0. The molecule has 3 aromatic heterocycles. The second-order valence-corrected chi connectivity index (χ2v) is 11.5. The van der Waals surface area contributed by atoms with E-state index in [1.54, 1.807) is 47.7 Å². The van der Waals surface area contributed by atoms with Gasteiger partial charge in [0.25, 0.3) is 0 Å². The van der Waals surface area contributed by atoms with Crippen molar-refractivity contribution in [3.05, 3.63) is 15.8 Å². The third kappa shape index (κ3) is 5.58. The van der Waals surface area contributed by atoms with E-state index in [0.717, 1.165) is 12.8 Å². The molecule has 1 aliphatic carbocycles. The molecule has 0 atom stereocenters. The van der Waals surface area contributed by atoms with Crippen molar-refractivity contribution in [3.63, 3.8) is 0 Å². The first-order chi connectivity index (χ1) is 16.2. The smallest absolute Gasteiger partial charge is 0.425 e. The van der Waals surface area contributed by atoms with Gasteiger partial charge in [0.1, 0.15) is 16.7 Å². The van der Waals surface area contributed by atoms with Gasteiger partial charge >= 0.3 is 12.2 Å². The number of pyridine rings is 1. The molecule has 0 bridgehead atoms. The maximum atomic E-state index is 13.1. The molecule has 11 nitrogen and oxygen atoms in total. The molecule has 1 aliphatic rings. The minimum Gasteiger partial charge on any atom is -0.443 e. The average Bonchev–Trinajstić information content (AvgIpc) is 3.25. The first-order valence-corrected chi connectivity index (χ1v) is 12.2. The third-order valence-corrected chi connectivity index (χ3v) is 5.72. The fraction of sp³-hybridized carbons (Fsp3) is 0.545. The van der Waals surface area contributed by atoms with Gasteiger partial charge in [-0.05, 0) is 86.5 Å². The van der Waals surface area contributed by atoms with Crippen LogP contribution >= 0.6 is 27.5 Å². The van der Waals surface area contributed by atoms with Crippen LogP contribution in [0.4, 0.5) is 15.4 Å². The summed E-state index contributed by atoms with van der Waals surface area (Å²) in [5.74, 6) is 0.554. The zero-order chi connectivity index (χ0) is 25.7. The lowest BCUT2D eigenvalue weighted by molar-refractivity contribution is 0.0427. The molecule has 2 amide bonds. The molecule has 0 aromatic carbocycles. The number of imide groups is 1. The molecule has 13 heteroatoms. The van der Waals surface area contributed by atoms with E-state index in [-0.39, 0.29) is 16.7 Å². The summed E-state index contributed by atoms with van der Waals surface area (Å²) >= 11 is 9.88. The van der Waals surface area contributed by atoms with E-state index >= 15 is 0 Å². The Morgan fingerprint density at radius 1 is 1.14 bits per heavy atom. The SMILES string of the molecule is CC(C)(C)OC(=O)N(C(=O)OC(C)(C)C)c1nonc1-c1nc2c(Cl)ncc(Br)c2n1CC1CC1. The molecule has 1 fully saturated rings. The number of hydrogen-bond donors (Lipinski definition) is 0. The van der Waals surface area contributed by atoms with E-state index < -0.39 is 23.4 Å². The Balaban J connectivity index is 1.88. The van der Waals surface area contributed by atoms with Gasteiger partial charge in [-0.15, -0.1) is 0 Å². The van der Waals surface area contributed by atoms with Gasteiger partial charge in [-0.1, -0.05) is 11.6 Å². The van der Waals surface area contributed by atoms with Crippen molar-refractivity contribution in [3.8, 4) is 11.5 Å². The second kappa shape index (κ2) is 9.05. The predicted octanol–water partition coefficient (Wildman–Crippen LogP) is 5.98. The summed E-state index contributed by atoms with van der Waals surface area (Å²) in [6.07, 6.45) is 1.75. The van der Waals surface area contributed by atoms with Crippen LogP contribution in [0.1, 0.15) is 54.4 Å². The Labute approximate surface area is 215 Å². The van der Waals surface area contributed by atoms with Crippen LogP contribution in [0.3, 0.4) is 0 Å². The van der Waals surface area contributed by atoms with Gasteiger partial charge in [0.15, 0.2) is 16.7 Å². The Bertz CT molecular complexity index is 1260. The summed E-state index contributed by atoms with van der Waals surface area (Å²) in [7, 11) is 0. The number of carbonyl (C=O) groups is 2. The van der Waals surface area contributed by atoms with Crippen molar-refractivity contribution in [2.75, 3.05) is 4.90 Å².